The van der Waals surface area contributed by atoms with Crippen molar-refractivity contribution in [3.63, 3.8) is 0 Å². The molecule has 0 spiro atoms. The molecule has 0 fully saturated rings. The van der Waals surface area contributed by atoms with Crippen molar-refractivity contribution in [1.29, 1.82) is 0 Å². The van der Waals surface area contributed by atoms with Crippen molar-refractivity contribution < 1.29 is 0 Å². The monoisotopic (exact) mass is 309 g/mol. The fourth-order valence-electron chi connectivity index (χ4n) is 1.60. The van der Waals surface area contributed by atoms with E-state index in [1.54, 1.807) is 0 Å². The third-order valence-corrected chi connectivity index (χ3v) is 4.79. The lowest BCUT2D eigenvalue weighted by molar-refractivity contribution is 1.19. The van der Waals surface area contributed by atoms with E-state index in [1.165, 1.54) is 15.3 Å². The molecule has 1 nitrogen and oxygen atoms in total. The van der Waals surface area contributed by atoms with Gasteiger partial charge in [0.05, 0.1) is 0 Å². The smallest absolute Gasteiger partial charge is 0.0494 e. The van der Waals surface area contributed by atoms with Crippen LogP contribution in [0.2, 0.25) is 0 Å². The summed E-state index contributed by atoms with van der Waals surface area (Å²) in [5.41, 5.74) is 2.42. The summed E-state index contributed by atoms with van der Waals surface area (Å²) >= 11 is 5.44. The van der Waals surface area contributed by atoms with E-state index in [0.29, 0.717) is 0 Å². The molecule has 0 saturated carbocycles. The van der Waals surface area contributed by atoms with Gasteiger partial charge in [-0.3, -0.25) is 0 Å². The van der Waals surface area contributed by atoms with Crippen molar-refractivity contribution in [2.24, 2.45) is 0 Å². The maximum Gasteiger partial charge on any atom is 0.0494 e. The molecule has 0 saturated heterocycles. The number of anilines is 1. The zero-order valence-corrected chi connectivity index (χ0v) is 12.5. The minimum atomic E-state index is 0.903. The van der Waals surface area contributed by atoms with Gasteiger partial charge in [-0.2, -0.15) is 0 Å². The van der Waals surface area contributed by atoms with Crippen LogP contribution in [0.15, 0.2) is 34.8 Å². The van der Waals surface area contributed by atoms with Crippen molar-refractivity contribution in [2.45, 2.75) is 26.8 Å². The molecule has 0 atom stereocenters. The maximum absolute atomic E-state index is 3.55. The Labute approximate surface area is 115 Å². The Morgan fingerprint density at radius 3 is 2.59 bits per heavy atom. The number of nitrogens with one attached hydrogen (secondary N) is 1. The zero-order valence-electron chi connectivity index (χ0n) is 10.1. The highest BCUT2D eigenvalue weighted by Gasteiger charge is 2.00. The lowest BCUT2D eigenvalue weighted by Crippen LogP contribution is -1.97. The third kappa shape index (κ3) is 3.33. The van der Waals surface area contributed by atoms with Crippen LogP contribution in [0.1, 0.15) is 22.2 Å². The van der Waals surface area contributed by atoms with Crippen molar-refractivity contribution >= 4 is 33.0 Å². The Morgan fingerprint density at radius 2 is 1.94 bits per heavy atom. The number of thiophene rings is 1. The first-order valence-corrected chi connectivity index (χ1v) is 7.37. The molecule has 1 heterocycles. The van der Waals surface area contributed by atoms with Crippen LogP contribution in [0, 0.1) is 6.92 Å². The predicted octanol–water partition coefficient (Wildman–Crippen LogP) is 4.99. The van der Waals surface area contributed by atoms with Crippen molar-refractivity contribution in [3.05, 3.63) is 50.1 Å². The van der Waals surface area contributed by atoms with Gasteiger partial charge in [0.15, 0.2) is 0 Å². The average molecular weight is 310 g/mol. The summed E-state index contributed by atoms with van der Waals surface area (Å²) in [5, 5.41) is 3.45. The van der Waals surface area contributed by atoms with Crippen LogP contribution in [0.4, 0.5) is 5.69 Å². The van der Waals surface area contributed by atoms with E-state index >= 15 is 0 Å². The fourth-order valence-corrected chi connectivity index (χ4v) is 2.88. The van der Waals surface area contributed by atoms with Gasteiger partial charge in [-0.1, -0.05) is 28.9 Å². The third-order valence-electron chi connectivity index (χ3n) is 2.70. The quantitative estimate of drug-likeness (QED) is 0.838. The minimum absolute atomic E-state index is 0.903. The van der Waals surface area contributed by atoms with Gasteiger partial charge in [0.1, 0.15) is 0 Å². The van der Waals surface area contributed by atoms with Gasteiger partial charge in [-0.05, 0) is 43.2 Å². The maximum atomic E-state index is 3.55. The SMILES string of the molecule is CCc1ccc(CNc2ccc(C)c(Br)c2)s1. The second kappa shape index (κ2) is 5.69. The highest BCUT2D eigenvalue weighted by Crippen LogP contribution is 2.22. The van der Waals surface area contributed by atoms with Crippen molar-refractivity contribution in [2.75, 3.05) is 5.32 Å². The van der Waals surface area contributed by atoms with Gasteiger partial charge in [-0.25, -0.2) is 0 Å². The molecule has 2 aromatic rings. The number of aryl methyl sites for hydroxylation is 2. The van der Waals surface area contributed by atoms with Crippen LogP contribution in [-0.4, -0.2) is 0 Å². The first-order chi connectivity index (χ1) is 8.19. The highest BCUT2D eigenvalue weighted by molar-refractivity contribution is 9.10. The first kappa shape index (κ1) is 12.7. The van der Waals surface area contributed by atoms with Gasteiger partial charge in [0, 0.05) is 26.5 Å². The van der Waals surface area contributed by atoms with Gasteiger partial charge in [0.2, 0.25) is 0 Å². The molecule has 0 amide bonds. The standard InChI is InChI=1S/C14H16BrNS/c1-3-12-6-7-13(17-12)9-16-11-5-4-10(2)14(15)8-11/h4-8,16H,3,9H2,1-2H3. The molecule has 0 aliphatic heterocycles. The molecular formula is C14H16BrNS. The summed E-state index contributed by atoms with van der Waals surface area (Å²) < 4.78 is 1.16. The molecule has 0 bridgehead atoms. The highest BCUT2D eigenvalue weighted by atomic mass is 79.9. The molecular weight excluding hydrogens is 294 g/mol. The average Bonchev–Trinajstić information content (AvgIpc) is 2.79. The Hall–Kier alpha value is -0.800. The first-order valence-electron chi connectivity index (χ1n) is 5.76. The molecule has 0 unspecified atom stereocenters. The van der Waals surface area contributed by atoms with E-state index in [0.717, 1.165) is 23.1 Å². The topological polar surface area (TPSA) is 12.0 Å². The molecule has 3 heteroatoms. The predicted molar refractivity (Wildman–Crippen MR) is 79.9 cm³/mol. The van der Waals surface area contributed by atoms with Crippen LogP contribution in [-0.2, 0) is 13.0 Å². The summed E-state index contributed by atoms with van der Waals surface area (Å²) in [7, 11) is 0. The summed E-state index contributed by atoms with van der Waals surface area (Å²) in [6.45, 7) is 5.20. The van der Waals surface area contributed by atoms with Gasteiger partial charge in [-0.15, -0.1) is 11.3 Å². The van der Waals surface area contributed by atoms with E-state index in [2.05, 4.69) is 65.4 Å². The number of rotatable bonds is 4. The summed E-state index contributed by atoms with van der Waals surface area (Å²) in [4.78, 5) is 2.84. The zero-order chi connectivity index (χ0) is 12.3. The molecule has 90 valence electrons. The molecule has 17 heavy (non-hydrogen) atoms. The van der Waals surface area contributed by atoms with Gasteiger partial charge >= 0.3 is 0 Å². The summed E-state index contributed by atoms with van der Waals surface area (Å²) in [6.07, 6.45) is 1.13. The Kier molecular flexibility index (Phi) is 4.24. The fraction of sp³-hybridized carbons (Fsp3) is 0.286. The Bertz CT molecular complexity index is 505. The molecule has 0 aliphatic rings. The molecule has 0 radical (unpaired) electrons. The number of hydrogen-bond donors (Lipinski definition) is 1. The molecule has 0 aliphatic carbocycles. The largest absolute Gasteiger partial charge is 0.380 e. The minimum Gasteiger partial charge on any atom is -0.380 e. The molecule has 2 rings (SSSR count). The number of benzene rings is 1. The van der Waals surface area contributed by atoms with Gasteiger partial charge in [0.25, 0.3) is 0 Å². The lowest BCUT2D eigenvalue weighted by atomic mass is 10.2. The molecule has 1 aromatic heterocycles. The Morgan fingerprint density at radius 1 is 1.18 bits per heavy atom. The number of hydrogen-bond acceptors (Lipinski definition) is 2. The van der Waals surface area contributed by atoms with E-state index in [4.69, 9.17) is 0 Å². The van der Waals surface area contributed by atoms with Crippen LogP contribution in [0.25, 0.3) is 0 Å². The van der Waals surface area contributed by atoms with Crippen molar-refractivity contribution in [3.8, 4) is 0 Å². The van der Waals surface area contributed by atoms with Crippen molar-refractivity contribution in [1.82, 2.24) is 0 Å². The number of halogens is 1. The Balaban J connectivity index is 1.99. The van der Waals surface area contributed by atoms with Crippen LogP contribution in [0.5, 0.6) is 0 Å². The second-order valence-electron chi connectivity index (χ2n) is 4.04. The van der Waals surface area contributed by atoms with E-state index in [1.807, 2.05) is 11.3 Å². The van der Waals surface area contributed by atoms with Crippen LogP contribution in [0.3, 0.4) is 0 Å². The van der Waals surface area contributed by atoms with Gasteiger partial charge < -0.3 is 5.32 Å². The second-order valence-corrected chi connectivity index (χ2v) is 6.15. The van der Waals surface area contributed by atoms with Crippen LogP contribution >= 0.6 is 27.3 Å². The van der Waals surface area contributed by atoms with E-state index in [-0.39, 0.29) is 0 Å². The van der Waals surface area contributed by atoms with E-state index < -0.39 is 0 Å². The molecule has 1 aromatic carbocycles. The molecule has 1 N–H and O–H groups in total. The summed E-state index contributed by atoms with van der Waals surface area (Å²) in [6, 6.07) is 10.8. The van der Waals surface area contributed by atoms with E-state index in [9.17, 15) is 0 Å². The summed E-state index contributed by atoms with van der Waals surface area (Å²) in [5.74, 6) is 0. The van der Waals surface area contributed by atoms with Crippen LogP contribution < -0.4 is 5.32 Å². The lowest BCUT2D eigenvalue weighted by Gasteiger charge is -2.06. The normalized spacial score (nSPS) is 10.5.